The van der Waals surface area contributed by atoms with Gasteiger partial charge in [0.1, 0.15) is 0 Å². The standard InChI is InChI=1S/C28H26N2/c1-3-15-25-21(9-1)11-7-13-23(25)19-29-27-17-5-6-18-28(27)30-20-24-14-8-12-22-10-2-4-16-26(22)24/h1-4,7-16,19-20,27-28H,5-6,17-18H2. The number of hydrogen-bond acceptors (Lipinski definition) is 2. The lowest BCUT2D eigenvalue weighted by atomic mass is 9.91. The number of hydrogen-bond donors (Lipinski definition) is 0. The van der Waals surface area contributed by atoms with Crippen molar-refractivity contribution in [3.63, 3.8) is 0 Å². The Morgan fingerprint density at radius 3 is 1.47 bits per heavy atom. The first-order valence-corrected chi connectivity index (χ1v) is 10.9. The van der Waals surface area contributed by atoms with Crippen LogP contribution in [0.4, 0.5) is 0 Å². The highest BCUT2D eigenvalue weighted by atomic mass is 14.9. The molecule has 0 spiro atoms. The molecule has 0 bridgehead atoms. The van der Waals surface area contributed by atoms with Crippen LogP contribution >= 0.6 is 0 Å². The van der Waals surface area contributed by atoms with Crippen molar-refractivity contribution >= 4 is 34.0 Å². The van der Waals surface area contributed by atoms with Crippen molar-refractivity contribution in [3.8, 4) is 0 Å². The predicted octanol–water partition coefficient (Wildman–Crippen LogP) is 6.84. The zero-order chi connectivity index (χ0) is 20.2. The molecule has 4 aromatic rings. The van der Waals surface area contributed by atoms with Gasteiger partial charge in [0.15, 0.2) is 0 Å². The lowest BCUT2D eigenvalue weighted by Gasteiger charge is -2.25. The Hall–Kier alpha value is -3.26. The first kappa shape index (κ1) is 18.7. The predicted molar refractivity (Wildman–Crippen MR) is 129 cm³/mol. The molecule has 1 aliphatic rings. The molecule has 2 heteroatoms. The third-order valence-corrected chi connectivity index (χ3v) is 6.15. The number of aliphatic imine (C=N–C) groups is 2. The summed E-state index contributed by atoms with van der Waals surface area (Å²) in [6.07, 6.45) is 8.82. The molecule has 2 unspecified atom stereocenters. The molecule has 1 fully saturated rings. The molecular weight excluding hydrogens is 364 g/mol. The normalized spacial score (nSPS) is 19.9. The van der Waals surface area contributed by atoms with E-state index in [9.17, 15) is 0 Å². The Kier molecular flexibility index (Phi) is 5.39. The van der Waals surface area contributed by atoms with Gasteiger partial charge < -0.3 is 0 Å². The van der Waals surface area contributed by atoms with Crippen LogP contribution in [-0.4, -0.2) is 24.5 Å². The van der Waals surface area contributed by atoms with Crippen LogP contribution in [0.5, 0.6) is 0 Å². The molecule has 0 saturated heterocycles. The van der Waals surface area contributed by atoms with Gasteiger partial charge in [0, 0.05) is 23.6 Å². The van der Waals surface area contributed by atoms with Gasteiger partial charge in [-0.25, -0.2) is 0 Å². The maximum atomic E-state index is 5.02. The van der Waals surface area contributed by atoms with Crippen LogP contribution in [0.25, 0.3) is 21.5 Å². The van der Waals surface area contributed by atoms with E-state index in [2.05, 4.69) is 97.4 Å². The third kappa shape index (κ3) is 3.91. The van der Waals surface area contributed by atoms with Gasteiger partial charge in [-0.05, 0) is 34.4 Å². The highest BCUT2D eigenvalue weighted by Gasteiger charge is 2.23. The summed E-state index contributed by atoms with van der Waals surface area (Å²) in [6, 6.07) is 30.4. The van der Waals surface area contributed by atoms with Crippen LogP contribution < -0.4 is 0 Å². The maximum Gasteiger partial charge on any atom is 0.0723 e. The summed E-state index contributed by atoms with van der Waals surface area (Å²) in [6.45, 7) is 0. The molecule has 1 saturated carbocycles. The van der Waals surface area contributed by atoms with E-state index in [1.807, 2.05) is 0 Å². The molecular formula is C28H26N2. The molecule has 0 aliphatic heterocycles. The summed E-state index contributed by atoms with van der Waals surface area (Å²) in [5, 5.41) is 5.04. The monoisotopic (exact) mass is 390 g/mol. The Balaban J connectivity index is 1.40. The van der Waals surface area contributed by atoms with Gasteiger partial charge in [0.25, 0.3) is 0 Å². The summed E-state index contributed by atoms with van der Waals surface area (Å²) in [5.74, 6) is 0. The molecule has 148 valence electrons. The lowest BCUT2D eigenvalue weighted by molar-refractivity contribution is 0.390. The number of fused-ring (bicyclic) bond motifs is 2. The molecule has 4 aromatic carbocycles. The van der Waals surface area contributed by atoms with Gasteiger partial charge in [-0.15, -0.1) is 0 Å². The Morgan fingerprint density at radius 1 is 0.533 bits per heavy atom. The molecule has 0 radical (unpaired) electrons. The van der Waals surface area contributed by atoms with Crippen molar-refractivity contribution in [1.29, 1.82) is 0 Å². The van der Waals surface area contributed by atoms with Crippen molar-refractivity contribution in [3.05, 3.63) is 96.1 Å². The van der Waals surface area contributed by atoms with Gasteiger partial charge in [-0.2, -0.15) is 0 Å². The second-order valence-corrected chi connectivity index (χ2v) is 8.11. The average Bonchev–Trinajstić information content (AvgIpc) is 2.82. The molecule has 2 nitrogen and oxygen atoms in total. The average molecular weight is 391 g/mol. The number of benzene rings is 4. The van der Waals surface area contributed by atoms with E-state index in [4.69, 9.17) is 9.98 Å². The fourth-order valence-electron chi connectivity index (χ4n) is 4.52. The summed E-state index contributed by atoms with van der Waals surface area (Å²) in [7, 11) is 0. The number of nitrogens with zero attached hydrogens (tertiary/aromatic N) is 2. The van der Waals surface area contributed by atoms with Crippen molar-refractivity contribution in [2.45, 2.75) is 37.8 Å². The molecule has 30 heavy (non-hydrogen) atoms. The second kappa shape index (κ2) is 8.62. The highest BCUT2D eigenvalue weighted by Crippen LogP contribution is 2.25. The van der Waals surface area contributed by atoms with Crippen LogP contribution in [0.1, 0.15) is 36.8 Å². The van der Waals surface area contributed by atoms with E-state index < -0.39 is 0 Å². The van der Waals surface area contributed by atoms with E-state index >= 15 is 0 Å². The first-order chi connectivity index (χ1) is 14.9. The summed E-state index contributed by atoms with van der Waals surface area (Å²) in [4.78, 5) is 10.0. The van der Waals surface area contributed by atoms with E-state index in [0.29, 0.717) is 0 Å². The molecule has 2 atom stereocenters. The van der Waals surface area contributed by atoms with E-state index in [-0.39, 0.29) is 12.1 Å². The molecule has 5 rings (SSSR count). The van der Waals surface area contributed by atoms with Crippen LogP contribution in [0, 0.1) is 0 Å². The van der Waals surface area contributed by atoms with Crippen LogP contribution in [0.15, 0.2) is 94.9 Å². The topological polar surface area (TPSA) is 24.7 Å². The maximum absolute atomic E-state index is 5.02. The molecule has 1 aliphatic carbocycles. The van der Waals surface area contributed by atoms with Gasteiger partial charge in [0.2, 0.25) is 0 Å². The quantitative estimate of drug-likeness (QED) is 0.341. The fourth-order valence-corrected chi connectivity index (χ4v) is 4.52. The van der Waals surface area contributed by atoms with Crippen LogP contribution in [0.2, 0.25) is 0 Å². The summed E-state index contributed by atoms with van der Waals surface area (Å²) in [5.41, 5.74) is 2.38. The van der Waals surface area contributed by atoms with Crippen LogP contribution in [0.3, 0.4) is 0 Å². The summed E-state index contributed by atoms with van der Waals surface area (Å²) >= 11 is 0. The van der Waals surface area contributed by atoms with Crippen molar-refractivity contribution in [1.82, 2.24) is 0 Å². The largest absolute Gasteiger partial charge is 0.287 e. The minimum absolute atomic E-state index is 0.254. The van der Waals surface area contributed by atoms with Crippen molar-refractivity contribution in [2.24, 2.45) is 9.98 Å². The third-order valence-electron chi connectivity index (χ3n) is 6.15. The Bertz CT molecular complexity index is 1110. The van der Waals surface area contributed by atoms with Crippen molar-refractivity contribution in [2.75, 3.05) is 0 Å². The van der Waals surface area contributed by atoms with Gasteiger partial charge >= 0.3 is 0 Å². The Morgan fingerprint density at radius 2 is 0.967 bits per heavy atom. The molecule has 0 heterocycles. The Labute approximate surface area is 178 Å². The van der Waals surface area contributed by atoms with E-state index in [1.165, 1.54) is 45.5 Å². The minimum Gasteiger partial charge on any atom is -0.287 e. The fraction of sp³-hybridized carbons (Fsp3) is 0.214. The minimum atomic E-state index is 0.254. The first-order valence-electron chi connectivity index (χ1n) is 10.9. The van der Waals surface area contributed by atoms with Crippen molar-refractivity contribution < 1.29 is 0 Å². The lowest BCUT2D eigenvalue weighted by Crippen LogP contribution is -2.27. The van der Waals surface area contributed by atoms with E-state index in [0.717, 1.165) is 12.8 Å². The SMILES string of the molecule is C(=NC1CCCCC1N=Cc1cccc2ccccc12)c1cccc2ccccc12. The van der Waals surface area contributed by atoms with Gasteiger partial charge in [-0.3, -0.25) is 9.98 Å². The van der Waals surface area contributed by atoms with Gasteiger partial charge in [0.05, 0.1) is 12.1 Å². The van der Waals surface area contributed by atoms with Crippen LogP contribution in [-0.2, 0) is 0 Å². The second-order valence-electron chi connectivity index (χ2n) is 8.11. The molecule has 0 N–H and O–H groups in total. The smallest absolute Gasteiger partial charge is 0.0723 e. The zero-order valence-corrected chi connectivity index (χ0v) is 17.1. The zero-order valence-electron chi connectivity index (χ0n) is 17.1. The molecule has 0 aromatic heterocycles. The number of rotatable bonds is 4. The van der Waals surface area contributed by atoms with E-state index in [1.54, 1.807) is 0 Å². The van der Waals surface area contributed by atoms with Gasteiger partial charge in [-0.1, -0.05) is 97.8 Å². The highest BCUT2D eigenvalue weighted by molar-refractivity contribution is 6.00. The summed E-state index contributed by atoms with van der Waals surface area (Å²) < 4.78 is 0. The molecule has 0 amide bonds.